The van der Waals surface area contributed by atoms with E-state index in [0.29, 0.717) is 0 Å². The van der Waals surface area contributed by atoms with Crippen LogP contribution >= 0.6 is 0 Å². The number of para-hydroxylation sites is 1. The van der Waals surface area contributed by atoms with Crippen LogP contribution in [0.2, 0.25) is 0 Å². The number of esters is 2. The van der Waals surface area contributed by atoms with Crippen LogP contribution in [0.15, 0.2) is 59.5 Å². The molecule has 7 nitrogen and oxygen atoms in total. The van der Waals surface area contributed by atoms with Crippen LogP contribution in [-0.2, 0) is 19.7 Å². The third-order valence-electron chi connectivity index (χ3n) is 2.45. The molecule has 22 heavy (non-hydrogen) atoms. The summed E-state index contributed by atoms with van der Waals surface area (Å²) < 4.78 is 40.0. The van der Waals surface area contributed by atoms with Gasteiger partial charge in [-0.15, -0.1) is 0 Å². The van der Waals surface area contributed by atoms with Gasteiger partial charge in [0.25, 0.3) is 10.1 Å². The zero-order valence-electron chi connectivity index (χ0n) is 11.0. The molecule has 114 valence electrons. The predicted octanol–water partition coefficient (Wildman–Crippen LogP) is 1.44. The second kappa shape index (κ2) is 6.37. The molecule has 0 fully saturated rings. The molecule has 2 aromatic carbocycles. The molecule has 0 aliphatic heterocycles. The number of rotatable bonds is 3. The monoisotopic (exact) mass is 322 g/mol. The van der Waals surface area contributed by atoms with Crippen molar-refractivity contribution in [1.29, 1.82) is 0 Å². The van der Waals surface area contributed by atoms with Crippen LogP contribution in [0.4, 0.5) is 0 Å². The fraction of sp³-hybridized carbons (Fsp3) is 0. The van der Waals surface area contributed by atoms with E-state index in [9.17, 15) is 18.0 Å². The van der Waals surface area contributed by atoms with Gasteiger partial charge < -0.3 is 9.47 Å². The Balaban J connectivity index is 2.01. The highest BCUT2D eigenvalue weighted by Crippen LogP contribution is 2.16. The molecule has 2 rings (SSSR count). The Hall–Kier alpha value is -2.71. The molecule has 0 aromatic heterocycles. The van der Waals surface area contributed by atoms with Crippen molar-refractivity contribution in [3.8, 4) is 11.5 Å². The lowest BCUT2D eigenvalue weighted by Crippen LogP contribution is -2.25. The number of hydrogen-bond acceptors (Lipinski definition) is 6. The lowest BCUT2D eigenvalue weighted by molar-refractivity contribution is -0.156. The molecule has 0 saturated carbocycles. The van der Waals surface area contributed by atoms with Crippen LogP contribution in [0.3, 0.4) is 0 Å². The summed E-state index contributed by atoms with van der Waals surface area (Å²) in [5.74, 6) is -2.36. The first-order valence-electron chi connectivity index (χ1n) is 5.93. The van der Waals surface area contributed by atoms with Gasteiger partial charge >= 0.3 is 11.9 Å². The van der Waals surface area contributed by atoms with Gasteiger partial charge in [-0.05, 0) is 36.4 Å². The van der Waals surface area contributed by atoms with Gasteiger partial charge in [0.15, 0.2) is 0 Å². The first-order valence-corrected chi connectivity index (χ1v) is 7.37. The van der Waals surface area contributed by atoms with Crippen molar-refractivity contribution in [1.82, 2.24) is 0 Å². The minimum Gasteiger partial charge on any atom is -0.418 e. The highest BCUT2D eigenvalue weighted by Gasteiger charge is 2.19. The maximum absolute atomic E-state index is 11.5. The van der Waals surface area contributed by atoms with Gasteiger partial charge in [-0.1, -0.05) is 18.2 Å². The number of hydrogen-bond donors (Lipinski definition) is 1. The van der Waals surface area contributed by atoms with Crippen molar-refractivity contribution >= 4 is 22.1 Å². The molecule has 0 saturated heterocycles. The molecule has 2 aromatic rings. The van der Waals surface area contributed by atoms with Crippen molar-refractivity contribution in [2.75, 3.05) is 0 Å². The lowest BCUT2D eigenvalue weighted by Gasteiger charge is -2.05. The highest BCUT2D eigenvalue weighted by atomic mass is 32.2. The van der Waals surface area contributed by atoms with Gasteiger partial charge in [-0.2, -0.15) is 8.42 Å². The third kappa shape index (κ3) is 4.14. The zero-order valence-corrected chi connectivity index (χ0v) is 11.8. The summed E-state index contributed by atoms with van der Waals surface area (Å²) in [4.78, 5) is 22.7. The zero-order chi connectivity index (χ0) is 16.2. The Morgan fingerprint density at radius 1 is 0.773 bits per heavy atom. The van der Waals surface area contributed by atoms with E-state index in [0.717, 1.165) is 24.3 Å². The summed E-state index contributed by atoms with van der Waals surface area (Å²) in [6.07, 6.45) is 0. The molecule has 0 aliphatic carbocycles. The van der Waals surface area contributed by atoms with Crippen LogP contribution in [0, 0.1) is 0 Å². The molecule has 0 aliphatic rings. The molecule has 0 atom stereocenters. The number of benzene rings is 2. The largest absolute Gasteiger partial charge is 0.423 e. The standard InChI is InChI=1S/C14H10O7S/c15-13(20-10-4-2-1-3-5-10)14(16)21-11-6-8-12(9-7-11)22(17,18)19/h1-9H,(H,17,18,19). The first-order chi connectivity index (χ1) is 10.4. The summed E-state index contributed by atoms with van der Waals surface area (Å²) in [6.45, 7) is 0. The SMILES string of the molecule is O=C(Oc1ccccc1)C(=O)Oc1ccc(S(=O)(=O)O)cc1. The average molecular weight is 322 g/mol. The molecular weight excluding hydrogens is 312 g/mol. The summed E-state index contributed by atoms with van der Waals surface area (Å²) in [5, 5.41) is 0. The Morgan fingerprint density at radius 3 is 1.68 bits per heavy atom. The van der Waals surface area contributed by atoms with Crippen LogP contribution in [0.1, 0.15) is 0 Å². The molecule has 0 spiro atoms. The molecule has 0 heterocycles. The van der Waals surface area contributed by atoms with E-state index in [-0.39, 0.29) is 16.4 Å². The predicted molar refractivity (Wildman–Crippen MR) is 74.0 cm³/mol. The number of carbonyl (C=O) groups excluding carboxylic acids is 2. The van der Waals surface area contributed by atoms with Crippen LogP contribution in [-0.4, -0.2) is 24.9 Å². The van der Waals surface area contributed by atoms with E-state index in [2.05, 4.69) is 0 Å². The lowest BCUT2D eigenvalue weighted by atomic mass is 10.3. The summed E-state index contributed by atoms with van der Waals surface area (Å²) >= 11 is 0. The molecular formula is C14H10O7S. The molecule has 8 heteroatoms. The maximum Gasteiger partial charge on any atom is 0.423 e. The maximum atomic E-state index is 11.5. The fourth-order valence-corrected chi connectivity index (χ4v) is 1.95. The smallest absolute Gasteiger partial charge is 0.418 e. The Labute approximate surface area is 125 Å². The molecule has 0 unspecified atom stereocenters. The quantitative estimate of drug-likeness (QED) is 0.394. The van der Waals surface area contributed by atoms with Crippen molar-refractivity contribution in [2.45, 2.75) is 4.90 Å². The molecule has 1 N–H and O–H groups in total. The Bertz CT molecular complexity index is 780. The van der Waals surface area contributed by atoms with Crippen molar-refractivity contribution < 1.29 is 32.0 Å². The van der Waals surface area contributed by atoms with Gasteiger partial charge in [0.2, 0.25) is 0 Å². The van der Waals surface area contributed by atoms with Crippen molar-refractivity contribution in [3.63, 3.8) is 0 Å². The number of carbonyl (C=O) groups is 2. The third-order valence-corrected chi connectivity index (χ3v) is 3.32. The minimum atomic E-state index is -4.34. The summed E-state index contributed by atoms with van der Waals surface area (Å²) in [6, 6.07) is 12.3. The van der Waals surface area contributed by atoms with Gasteiger partial charge in [-0.3, -0.25) is 4.55 Å². The van der Waals surface area contributed by atoms with Gasteiger partial charge in [-0.25, -0.2) is 9.59 Å². The Kier molecular flexibility index (Phi) is 4.54. The minimum absolute atomic E-state index is 0.0672. The van der Waals surface area contributed by atoms with E-state index < -0.39 is 22.1 Å². The summed E-state index contributed by atoms with van der Waals surface area (Å²) in [7, 11) is -4.34. The average Bonchev–Trinajstić information content (AvgIpc) is 2.48. The Morgan fingerprint density at radius 2 is 1.23 bits per heavy atom. The van der Waals surface area contributed by atoms with Crippen molar-refractivity contribution in [2.24, 2.45) is 0 Å². The van der Waals surface area contributed by atoms with Gasteiger partial charge in [0.05, 0.1) is 4.90 Å². The number of ether oxygens (including phenoxy) is 2. The second-order valence-corrected chi connectivity index (χ2v) is 5.46. The summed E-state index contributed by atoms with van der Waals surface area (Å²) in [5.41, 5.74) is 0. The molecule has 0 bridgehead atoms. The van der Waals surface area contributed by atoms with Crippen molar-refractivity contribution in [3.05, 3.63) is 54.6 Å². The normalized spacial score (nSPS) is 10.8. The van der Waals surface area contributed by atoms with Crippen LogP contribution in [0.25, 0.3) is 0 Å². The fourth-order valence-electron chi connectivity index (χ4n) is 1.47. The van der Waals surface area contributed by atoms with Crippen LogP contribution < -0.4 is 9.47 Å². The van der Waals surface area contributed by atoms with E-state index >= 15 is 0 Å². The topological polar surface area (TPSA) is 107 Å². The first kappa shape index (κ1) is 15.7. The van der Waals surface area contributed by atoms with Crippen LogP contribution in [0.5, 0.6) is 11.5 Å². The van der Waals surface area contributed by atoms with Gasteiger partial charge in [0.1, 0.15) is 11.5 Å². The molecule has 0 radical (unpaired) electrons. The van der Waals surface area contributed by atoms with E-state index in [1.54, 1.807) is 18.2 Å². The second-order valence-electron chi connectivity index (χ2n) is 4.04. The van der Waals surface area contributed by atoms with Gasteiger partial charge in [0, 0.05) is 0 Å². The van der Waals surface area contributed by atoms with E-state index in [1.165, 1.54) is 12.1 Å². The van der Waals surface area contributed by atoms with E-state index in [4.69, 9.17) is 14.0 Å². The molecule has 0 amide bonds. The van der Waals surface area contributed by atoms with E-state index in [1.807, 2.05) is 0 Å². The highest BCUT2D eigenvalue weighted by molar-refractivity contribution is 7.85.